The molecule has 148 valence electrons. The smallest absolute Gasteiger partial charge is 0.253 e. The number of thioether (sulfide) groups is 1. The number of halogens is 1. The molecule has 0 saturated carbocycles. The van der Waals surface area contributed by atoms with Crippen molar-refractivity contribution < 1.29 is 4.79 Å². The summed E-state index contributed by atoms with van der Waals surface area (Å²) in [6, 6.07) is 15.6. The Morgan fingerprint density at radius 3 is 2.86 bits per heavy atom. The van der Waals surface area contributed by atoms with Crippen LogP contribution in [0.4, 0.5) is 10.8 Å². The lowest BCUT2D eigenvalue weighted by Gasteiger charge is -2.09. The molecule has 1 aromatic heterocycles. The Hall–Kier alpha value is -2.42. The molecule has 6 nitrogen and oxygen atoms in total. The number of carbonyl (C=O) groups is 1. The van der Waals surface area contributed by atoms with E-state index in [0.717, 1.165) is 33.3 Å². The third-order valence-electron chi connectivity index (χ3n) is 4.43. The van der Waals surface area contributed by atoms with Crippen LogP contribution in [0, 0.1) is 6.92 Å². The van der Waals surface area contributed by atoms with E-state index < -0.39 is 0 Å². The second kappa shape index (κ2) is 8.94. The molecule has 0 unspecified atom stereocenters. The molecule has 0 bridgehead atoms. The Labute approximate surface area is 182 Å². The lowest BCUT2D eigenvalue weighted by Crippen LogP contribution is -2.25. The van der Waals surface area contributed by atoms with Crippen molar-refractivity contribution in [3.05, 3.63) is 64.7 Å². The highest BCUT2D eigenvalue weighted by molar-refractivity contribution is 8.01. The van der Waals surface area contributed by atoms with Crippen molar-refractivity contribution in [2.75, 3.05) is 17.6 Å². The van der Waals surface area contributed by atoms with E-state index in [1.807, 2.05) is 55.5 Å². The predicted octanol–water partition coefficient (Wildman–Crippen LogP) is 4.97. The molecular weight excluding hydrogens is 426 g/mol. The highest BCUT2D eigenvalue weighted by atomic mass is 35.5. The molecule has 0 aliphatic carbocycles. The third kappa shape index (κ3) is 4.77. The van der Waals surface area contributed by atoms with Gasteiger partial charge in [-0.2, -0.15) is 5.10 Å². The summed E-state index contributed by atoms with van der Waals surface area (Å²) >= 11 is 8.93. The van der Waals surface area contributed by atoms with E-state index in [2.05, 4.69) is 20.6 Å². The van der Waals surface area contributed by atoms with Crippen molar-refractivity contribution in [1.82, 2.24) is 15.2 Å². The minimum absolute atomic E-state index is 0.0312. The first-order valence-electron chi connectivity index (χ1n) is 9.02. The van der Waals surface area contributed by atoms with Gasteiger partial charge in [-0.05, 0) is 30.2 Å². The number of aromatic nitrogens is 2. The highest BCUT2D eigenvalue weighted by Crippen LogP contribution is 2.31. The van der Waals surface area contributed by atoms with Gasteiger partial charge in [-0.3, -0.25) is 4.79 Å². The summed E-state index contributed by atoms with van der Waals surface area (Å²) in [4.78, 5) is 12.5. The van der Waals surface area contributed by atoms with Crippen molar-refractivity contribution in [2.24, 2.45) is 5.10 Å². The van der Waals surface area contributed by atoms with Gasteiger partial charge in [0.05, 0.1) is 18.0 Å². The molecule has 0 fully saturated rings. The van der Waals surface area contributed by atoms with E-state index in [1.165, 1.54) is 23.1 Å². The van der Waals surface area contributed by atoms with Gasteiger partial charge in [-0.1, -0.05) is 71.1 Å². The highest BCUT2D eigenvalue weighted by Gasteiger charge is 2.22. The Bertz CT molecular complexity index is 1050. The van der Waals surface area contributed by atoms with E-state index >= 15 is 0 Å². The van der Waals surface area contributed by atoms with Crippen LogP contribution in [-0.4, -0.2) is 39.1 Å². The summed E-state index contributed by atoms with van der Waals surface area (Å²) in [6.45, 7) is 2.56. The minimum Gasteiger partial charge on any atom is -0.330 e. The molecule has 1 amide bonds. The number of hydrazone groups is 1. The molecule has 29 heavy (non-hydrogen) atoms. The number of rotatable bonds is 6. The zero-order chi connectivity index (χ0) is 20.2. The van der Waals surface area contributed by atoms with Crippen LogP contribution < -0.4 is 5.32 Å². The van der Waals surface area contributed by atoms with Gasteiger partial charge in [0, 0.05) is 17.1 Å². The molecule has 1 aliphatic heterocycles. The number of nitrogens with one attached hydrogen (secondary N) is 1. The van der Waals surface area contributed by atoms with Gasteiger partial charge >= 0.3 is 0 Å². The first kappa shape index (κ1) is 19.9. The van der Waals surface area contributed by atoms with Gasteiger partial charge in [0.25, 0.3) is 5.91 Å². The predicted molar refractivity (Wildman–Crippen MR) is 119 cm³/mol. The van der Waals surface area contributed by atoms with Crippen molar-refractivity contribution in [3.63, 3.8) is 0 Å². The molecule has 0 spiro atoms. The molecule has 2 heterocycles. The van der Waals surface area contributed by atoms with E-state index in [0.29, 0.717) is 16.7 Å². The van der Waals surface area contributed by atoms with Crippen LogP contribution in [-0.2, 0) is 4.79 Å². The molecule has 0 atom stereocenters. The average Bonchev–Trinajstić information content (AvgIpc) is 3.40. The van der Waals surface area contributed by atoms with Crippen molar-refractivity contribution in [1.29, 1.82) is 0 Å². The number of amides is 1. The summed E-state index contributed by atoms with van der Waals surface area (Å²) in [5.41, 5.74) is 3.85. The molecule has 0 saturated heterocycles. The number of hydrogen-bond acceptors (Lipinski definition) is 7. The number of carbonyl (C=O) groups excluding carboxylic acids is 1. The van der Waals surface area contributed by atoms with Crippen LogP contribution in [0.5, 0.6) is 0 Å². The fraction of sp³-hybridized carbons (Fsp3) is 0.200. The van der Waals surface area contributed by atoms with E-state index in [-0.39, 0.29) is 11.7 Å². The average molecular weight is 444 g/mol. The van der Waals surface area contributed by atoms with Crippen LogP contribution in [0.1, 0.15) is 17.5 Å². The lowest BCUT2D eigenvalue weighted by molar-refractivity contribution is -0.127. The maximum absolute atomic E-state index is 12.5. The monoisotopic (exact) mass is 443 g/mol. The number of nitrogens with zero attached hydrogens (tertiary/aromatic N) is 4. The second-order valence-electron chi connectivity index (χ2n) is 6.38. The molecule has 4 rings (SSSR count). The second-order valence-corrected chi connectivity index (χ2v) is 8.99. The fourth-order valence-electron chi connectivity index (χ4n) is 2.85. The van der Waals surface area contributed by atoms with Crippen LogP contribution in [0.3, 0.4) is 0 Å². The topological polar surface area (TPSA) is 70.5 Å². The first-order chi connectivity index (χ1) is 14.1. The van der Waals surface area contributed by atoms with Gasteiger partial charge in [-0.25, -0.2) is 5.01 Å². The van der Waals surface area contributed by atoms with Crippen molar-refractivity contribution in [3.8, 4) is 0 Å². The van der Waals surface area contributed by atoms with Gasteiger partial charge in [-0.15, -0.1) is 10.2 Å². The van der Waals surface area contributed by atoms with E-state index in [1.54, 1.807) is 5.01 Å². The molecule has 2 aromatic carbocycles. The molecular formula is C20H18ClN5OS2. The van der Waals surface area contributed by atoms with Gasteiger partial charge in [0.2, 0.25) is 5.13 Å². The third-order valence-corrected chi connectivity index (χ3v) is 6.80. The fourth-order valence-corrected chi connectivity index (χ4v) is 4.65. The molecule has 3 aromatic rings. The zero-order valence-corrected chi connectivity index (χ0v) is 18.0. The van der Waals surface area contributed by atoms with Crippen molar-refractivity contribution in [2.45, 2.75) is 17.7 Å². The normalized spacial score (nSPS) is 13.4. The number of benzene rings is 2. The summed E-state index contributed by atoms with van der Waals surface area (Å²) in [7, 11) is 0. The maximum Gasteiger partial charge on any atom is 0.253 e. The maximum atomic E-state index is 12.5. The van der Waals surface area contributed by atoms with Crippen molar-refractivity contribution >= 4 is 57.1 Å². The molecule has 1 N–H and O–H groups in total. The van der Waals surface area contributed by atoms with Gasteiger partial charge in [0.1, 0.15) is 0 Å². The summed E-state index contributed by atoms with van der Waals surface area (Å²) in [6.07, 6.45) is 0.770. The standard InChI is InChI=1S/C20H18ClN5OS2/c1-13-15(21)8-5-9-16(13)22-19-23-24-20(29-19)28-12-18(27)26-11-10-17(25-26)14-6-3-2-4-7-14/h2-9H,10-12H2,1H3,(H,22,23). The minimum atomic E-state index is -0.0312. The summed E-state index contributed by atoms with van der Waals surface area (Å²) in [5, 5.41) is 18.9. The Balaban J connectivity index is 1.33. The van der Waals surface area contributed by atoms with Crippen LogP contribution in [0.25, 0.3) is 0 Å². The molecule has 0 radical (unpaired) electrons. The van der Waals surface area contributed by atoms with E-state index in [9.17, 15) is 4.79 Å². The molecule has 9 heteroatoms. The van der Waals surface area contributed by atoms with E-state index in [4.69, 9.17) is 11.6 Å². The number of hydrogen-bond donors (Lipinski definition) is 1. The molecule has 1 aliphatic rings. The lowest BCUT2D eigenvalue weighted by atomic mass is 10.1. The van der Waals surface area contributed by atoms with Gasteiger partial charge < -0.3 is 5.32 Å². The summed E-state index contributed by atoms with van der Waals surface area (Å²) in [5.74, 6) is 0.243. The number of anilines is 2. The Morgan fingerprint density at radius 1 is 1.21 bits per heavy atom. The SMILES string of the molecule is Cc1c(Cl)cccc1Nc1nnc(SCC(=O)N2CCC(c3ccccc3)=N2)s1. The van der Waals surface area contributed by atoms with Crippen LogP contribution >= 0.6 is 34.7 Å². The Kier molecular flexibility index (Phi) is 6.13. The largest absolute Gasteiger partial charge is 0.330 e. The summed E-state index contributed by atoms with van der Waals surface area (Å²) < 4.78 is 0.729. The first-order valence-corrected chi connectivity index (χ1v) is 11.2. The van der Waals surface area contributed by atoms with Crippen LogP contribution in [0.2, 0.25) is 5.02 Å². The van der Waals surface area contributed by atoms with Gasteiger partial charge in [0.15, 0.2) is 4.34 Å². The quantitative estimate of drug-likeness (QED) is 0.544. The Morgan fingerprint density at radius 2 is 2.03 bits per heavy atom. The zero-order valence-electron chi connectivity index (χ0n) is 15.6. The van der Waals surface area contributed by atoms with Crippen LogP contribution in [0.15, 0.2) is 58.0 Å².